The number of carbonyl (C=O) groups is 2. The van der Waals surface area contributed by atoms with Crippen molar-refractivity contribution in [3.8, 4) is 5.75 Å². The minimum atomic E-state index is -0.467. The van der Waals surface area contributed by atoms with E-state index in [1.54, 1.807) is 26.8 Å². The van der Waals surface area contributed by atoms with Gasteiger partial charge in [0.1, 0.15) is 12.3 Å². The van der Waals surface area contributed by atoms with E-state index in [9.17, 15) is 14.7 Å². The third-order valence-corrected chi connectivity index (χ3v) is 3.17. The molecule has 1 aromatic carbocycles. The third kappa shape index (κ3) is 4.23. The minimum Gasteiger partial charge on any atom is -0.507 e. The molecule has 1 rings (SSSR count). The molecule has 0 heterocycles. The fraction of sp³-hybridized carbons (Fsp3) is 0.429. The molecule has 0 fully saturated rings. The van der Waals surface area contributed by atoms with Gasteiger partial charge >= 0.3 is 5.97 Å². The summed E-state index contributed by atoms with van der Waals surface area (Å²) in [6.45, 7) is 5.43. The highest BCUT2D eigenvalue weighted by atomic mass is 79.9. The molecule has 0 aromatic heterocycles. The summed E-state index contributed by atoms with van der Waals surface area (Å²) in [5.74, 6) is -0.997. The average molecular weight is 344 g/mol. The second kappa shape index (κ2) is 7.28. The van der Waals surface area contributed by atoms with Crippen molar-refractivity contribution in [2.45, 2.75) is 26.8 Å². The zero-order valence-electron chi connectivity index (χ0n) is 11.7. The molecule has 0 saturated heterocycles. The van der Waals surface area contributed by atoms with Crippen molar-refractivity contribution in [1.29, 1.82) is 0 Å². The van der Waals surface area contributed by atoms with Gasteiger partial charge in [-0.15, -0.1) is 0 Å². The Morgan fingerprint density at radius 3 is 2.55 bits per heavy atom. The van der Waals surface area contributed by atoms with E-state index in [2.05, 4.69) is 15.9 Å². The number of benzene rings is 1. The van der Waals surface area contributed by atoms with Crippen LogP contribution in [-0.4, -0.2) is 41.1 Å². The molecule has 0 saturated carbocycles. The first-order valence-corrected chi connectivity index (χ1v) is 7.11. The van der Waals surface area contributed by atoms with Gasteiger partial charge in [-0.1, -0.05) is 15.9 Å². The standard InChI is InChI=1S/C14H18BrNO4/c1-4-20-13(18)8-16(9(2)3)14(19)11-6-5-10(15)7-12(11)17/h5-7,9,17H,4,8H2,1-3H3. The van der Waals surface area contributed by atoms with Crippen molar-refractivity contribution < 1.29 is 19.4 Å². The van der Waals surface area contributed by atoms with Crippen LogP contribution in [-0.2, 0) is 9.53 Å². The van der Waals surface area contributed by atoms with Crippen LogP contribution in [0.25, 0.3) is 0 Å². The van der Waals surface area contributed by atoms with Gasteiger partial charge in [0, 0.05) is 10.5 Å². The minimum absolute atomic E-state index is 0.126. The Balaban J connectivity index is 2.96. The van der Waals surface area contributed by atoms with E-state index >= 15 is 0 Å². The molecule has 0 aliphatic carbocycles. The predicted molar refractivity (Wildman–Crippen MR) is 78.6 cm³/mol. The Labute approximate surface area is 126 Å². The molecular formula is C14H18BrNO4. The average Bonchev–Trinajstić information content (AvgIpc) is 2.35. The molecule has 0 aliphatic rings. The maximum Gasteiger partial charge on any atom is 0.325 e. The summed E-state index contributed by atoms with van der Waals surface area (Å²) in [5, 5.41) is 9.84. The Hall–Kier alpha value is -1.56. The largest absolute Gasteiger partial charge is 0.507 e. The zero-order chi connectivity index (χ0) is 15.3. The lowest BCUT2D eigenvalue weighted by molar-refractivity contribution is -0.144. The number of aromatic hydroxyl groups is 1. The van der Waals surface area contributed by atoms with E-state index in [1.807, 2.05) is 0 Å². The number of hydrogen-bond donors (Lipinski definition) is 1. The van der Waals surface area contributed by atoms with Crippen molar-refractivity contribution in [2.24, 2.45) is 0 Å². The van der Waals surface area contributed by atoms with Crippen molar-refractivity contribution in [3.63, 3.8) is 0 Å². The Kier molecular flexibility index (Phi) is 6.01. The molecule has 0 atom stereocenters. The maximum atomic E-state index is 12.4. The molecule has 1 aromatic rings. The van der Waals surface area contributed by atoms with Crippen LogP contribution in [0.15, 0.2) is 22.7 Å². The molecule has 0 unspecified atom stereocenters. The molecule has 0 aliphatic heterocycles. The molecule has 0 spiro atoms. The lowest BCUT2D eigenvalue weighted by atomic mass is 10.1. The number of halogens is 1. The summed E-state index contributed by atoms with van der Waals surface area (Å²) in [7, 11) is 0. The number of ether oxygens (including phenoxy) is 1. The fourth-order valence-electron chi connectivity index (χ4n) is 1.67. The van der Waals surface area contributed by atoms with Gasteiger partial charge in [-0.2, -0.15) is 0 Å². The van der Waals surface area contributed by atoms with Gasteiger partial charge in [-0.25, -0.2) is 0 Å². The highest BCUT2D eigenvalue weighted by Crippen LogP contribution is 2.24. The summed E-state index contributed by atoms with van der Waals surface area (Å²) in [4.78, 5) is 25.3. The normalized spacial score (nSPS) is 10.4. The number of nitrogens with zero attached hydrogens (tertiary/aromatic N) is 1. The molecule has 6 heteroatoms. The van der Waals surface area contributed by atoms with E-state index in [4.69, 9.17) is 4.74 Å². The first kappa shape index (κ1) is 16.5. The first-order valence-electron chi connectivity index (χ1n) is 6.32. The monoisotopic (exact) mass is 343 g/mol. The number of phenols is 1. The van der Waals surface area contributed by atoms with Gasteiger partial charge in [0.15, 0.2) is 0 Å². The fourth-order valence-corrected chi connectivity index (χ4v) is 2.02. The van der Waals surface area contributed by atoms with E-state index in [0.717, 1.165) is 0 Å². The van der Waals surface area contributed by atoms with Crippen LogP contribution < -0.4 is 0 Å². The van der Waals surface area contributed by atoms with Crippen LogP contribution in [0.4, 0.5) is 0 Å². The number of amides is 1. The molecular weight excluding hydrogens is 326 g/mol. The topological polar surface area (TPSA) is 66.8 Å². The summed E-state index contributed by atoms with van der Waals surface area (Å²) >= 11 is 3.21. The van der Waals surface area contributed by atoms with Crippen molar-refractivity contribution in [3.05, 3.63) is 28.2 Å². The predicted octanol–water partition coefficient (Wildman–Crippen LogP) is 2.57. The van der Waals surface area contributed by atoms with Gasteiger partial charge < -0.3 is 14.7 Å². The number of esters is 1. The lowest BCUT2D eigenvalue weighted by Gasteiger charge is -2.26. The van der Waals surface area contributed by atoms with Crippen LogP contribution in [0.3, 0.4) is 0 Å². The second-order valence-corrected chi connectivity index (χ2v) is 5.41. The van der Waals surface area contributed by atoms with E-state index in [-0.39, 0.29) is 30.5 Å². The SMILES string of the molecule is CCOC(=O)CN(C(=O)c1ccc(Br)cc1O)C(C)C. The Morgan fingerprint density at radius 2 is 2.05 bits per heavy atom. The van der Waals surface area contributed by atoms with Gasteiger partial charge in [0.25, 0.3) is 5.91 Å². The van der Waals surface area contributed by atoms with E-state index in [1.165, 1.54) is 17.0 Å². The van der Waals surface area contributed by atoms with Gasteiger partial charge in [-0.3, -0.25) is 9.59 Å². The number of hydrogen-bond acceptors (Lipinski definition) is 4. The Morgan fingerprint density at radius 1 is 1.40 bits per heavy atom. The highest BCUT2D eigenvalue weighted by molar-refractivity contribution is 9.10. The van der Waals surface area contributed by atoms with Gasteiger partial charge in [-0.05, 0) is 39.0 Å². The molecule has 1 N–H and O–H groups in total. The van der Waals surface area contributed by atoms with Crippen LogP contribution >= 0.6 is 15.9 Å². The van der Waals surface area contributed by atoms with Crippen molar-refractivity contribution >= 4 is 27.8 Å². The summed E-state index contributed by atoms with van der Waals surface area (Å²) in [6, 6.07) is 4.43. The smallest absolute Gasteiger partial charge is 0.325 e. The van der Waals surface area contributed by atoms with Gasteiger partial charge in [0.05, 0.1) is 12.2 Å². The van der Waals surface area contributed by atoms with E-state index < -0.39 is 11.9 Å². The van der Waals surface area contributed by atoms with Crippen LogP contribution in [0, 0.1) is 0 Å². The Bertz CT molecular complexity index is 502. The summed E-state index contributed by atoms with van der Waals surface area (Å²) < 4.78 is 5.53. The number of phenolic OH excluding ortho intramolecular Hbond substituents is 1. The zero-order valence-corrected chi connectivity index (χ0v) is 13.3. The van der Waals surface area contributed by atoms with Crippen LogP contribution in [0.5, 0.6) is 5.75 Å². The molecule has 0 bridgehead atoms. The second-order valence-electron chi connectivity index (χ2n) is 4.49. The molecule has 1 amide bonds. The third-order valence-electron chi connectivity index (χ3n) is 2.68. The number of rotatable bonds is 5. The first-order chi connectivity index (χ1) is 9.36. The van der Waals surface area contributed by atoms with Crippen molar-refractivity contribution in [1.82, 2.24) is 4.90 Å². The highest BCUT2D eigenvalue weighted by Gasteiger charge is 2.24. The van der Waals surface area contributed by atoms with Gasteiger partial charge in [0.2, 0.25) is 0 Å². The van der Waals surface area contributed by atoms with E-state index in [0.29, 0.717) is 4.47 Å². The van der Waals surface area contributed by atoms with Crippen LogP contribution in [0.1, 0.15) is 31.1 Å². The molecule has 110 valence electrons. The lowest BCUT2D eigenvalue weighted by Crippen LogP contribution is -2.41. The van der Waals surface area contributed by atoms with Crippen molar-refractivity contribution in [2.75, 3.05) is 13.2 Å². The maximum absolute atomic E-state index is 12.4. The summed E-state index contributed by atoms with van der Waals surface area (Å²) in [5.41, 5.74) is 0.159. The molecule has 5 nitrogen and oxygen atoms in total. The number of carbonyl (C=O) groups excluding carboxylic acids is 2. The molecule has 0 radical (unpaired) electrons. The quantitative estimate of drug-likeness (QED) is 0.834. The summed E-state index contributed by atoms with van der Waals surface area (Å²) in [6.07, 6.45) is 0. The van der Waals surface area contributed by atoms with Crippen LogP contribution in [0.2, 0.25) is 0 Å². The molecule has 20 heavy (non-hydrogen) atoms.